The number of methoxy groups -OCH3 is 1. The Bertz CT molecular complexity index is 449. The highest BCUT2D eigenvalue weighted by molar-refractivity contribution is 5.58. The molecule has 0 spiro atoms. The molecule has 0 saturated carbocycles. The van der Waals surface area contributed by atoms with Crippen molar-refractivity contribution in [1.82, 2.24) is 0 Å². The van der Waals surface area contributed by atoms with E-state index >= 15 is 0 Å². The number of nitro benzene ring substituents is 1. The van der Waals surface area contributed by atoms with Gasteiger partial charge in [0.05, 0.1) is 24.2 Å². The van der Waals surface area contributed by atoms with Crippen LogP contribution in [0.1, 0.15) is 20.8 Å². The molecule has 0 fully saturated rings. The summed E-state index contributed by atoms with van der Waals surface area (Å²) in [6.07, 6.45) is 0. The standard InChI is InChI=1S/C14H22N2O4/c1-5-20-14-8-11(6-7-13(14)16(17)18)15-12(9-19-4)10(2)3/h6-8,10,12,15H,5,9H2,1-4H3. The molecule has 0 amide bonds. The van der Waals surface area contributed by atoms with Crippen molar-refractivity contribution in [1.29, 1.82) is 0 Å². The van der Waals surface area contributed by atoms with Crippen LogP contribution < -0.4 is 10.1 Å². The third-order valence-corrected chi connectivity index (χ3v) is 2.96. The fraction of sp³-hybridized carbons (Fsp3) is 0.571. The number of nitro groups is 1. The van der Waals surface area contributed by atoms with E-state index in [4.69, 9.17) is 9.47 Å². The lowest BCUT2D eigenvalue weighted by Crippen LogP contribution is -2.30. The largest absolute Gasteiger partial charge is 0.487 e. The topological polar surface area (TPSA) is 73.6 Å². The van der Waals surface area contributed by atoms with Gasteiger partial charge in [-0.05, 0) is 18.9 Å². The summed E-state index contributed by atoms with van der Waals surface area (Å²) in [7, 11) is 1.65. The van der Waals surface area contributed by atoms with E-state index in [1.165, 1.54) is 6.07 Å². The molecule has 0 saturated heterocycles. The Hall–Kier alpha value is -1.82. The van der Waals surface area contributed by atoms with Gasteiger partial charge in [0.1, 0.15) is 0 Å². The molecule has 0 aliphatic heterocycles. The maximum absolute atomic E-state index is 10.9. The number of anilines is 1. The fourth-order valence-electron chi connectivity index (χ4n) is 1.82. The van der Waals surface area contributed by atoms with E-state index in [9.17, 15) is 10.1 Å². The predicted octanol–water partition coefficient (Wildman–Crippen LogP) is 3.08. The Kier molecular flexibility index (Phi) is 6.24. The van der Waals surface area contributed by atoms with Crippen LogP contribution in [0.4, 0.5) is 11.4 Å². The number of nitrogens with one attached hydrogen (secondary N) is 1. The zero-order valence-electron chi connectivity index (χ0n) is 12.4. The minimum Gasteiger partial charge on any atom is -0.487 e. The van der Waals surface area contributed by atoms with Crippen molar-refractivity contribution in [3.63, 3.8) is 0 Å². The lowest BCUT2D eigenvalue weighted by molar-refractivity contribution is -0.385. The summed E-state index contributed by atoms with van der Waals surface area (Å²) in [6, 6.07) is 4.94. The van der Waals surface area contributed by atoms with Crippen molar-refractivity contribution >= 4 is 11.4 Å². The second-order valence-corrected chi connectivity index (χ2v) is 4.82. The lowest BCUT2D eigenvalue weighted by atomic mass is 10.0. The van der Waals surface area contributed by atoms with Crippen molar-refractivity contribution in [3.05, 3.63) is 28.3 Å². The van der Waals surface area contributed by atoms with Crippen molar-refractivity contribution in [2.24, 2.45) is 5.92 Å². The molecule has 1 unspecified atom stereocenters. The van der Waals surface area contributed by atoms with Crippen LogP contribution in [-0.2, 0) is 4.74 Å². The number of hydrogen-bond donors (Lipinski definition) is 1. The van der Waals surface area contributed by atoms with Gasteiger partial charge in [0, 0.05) is 24.9 Å². The van der Waals surface area contributed by atoms with Gasteiger partial charge in [-0.3, -0.25) is 10.1 Å². The molecule has 1 rings (SSSR count). The Labute approximate surface area is 119 Å². The molecule has 0 aliphatic carbocycles. The molecule has 6 heteroatoms. The van der Waals surface area contributed by atoms with Gasteiger partial charge in [-0.15, -0.1) is 0 Å². The number of ether oxygens (including phenoxy) is 2. The van der Waals surface area contributed by atoms with Gasteiger partial charge in [-0.25, -0.2) is 0 Å². The van der Waals surface area contributed by atoms with E-state index in [0.29, 0.717) is 19.1 Å². The predicted molar refractivity (Wildman–Crippen MR) is 78.4 cm³/mol. The van der Waals surface area contributed by atoms with Crippen LogP contribution in [0.5, 0.6) is 5.75 Å². The Morgan fingerprint density at radius 3 is 2.60 bits per heavy atom. The first kappa shape index (κ1) is 16.2. The molecule has 0 radical (unpaired) electrons. The van der Waals surface area contributed by atoms with Crippen molar-refractivity contribution < 1.29 is 14.4 Å². The molecule has 0 heterocycles. The summed E-state index contributed by atoms with van der Waals surface area (Å²) in [5.74, 6) is 0.656. The normalized spacial score (nSPS) is 12.2. The van der Waals surface area contributed by atoms with Crippen LogP contribution >= 0.6 is 0 Å². The SMILES string of the molecule is CCOc1cc(NC(COC)C(C)C)ccc1[N+](=O)[O-]. The number of benzene rings is 1. The minimum absolute atomic E-state index is 0.0229. The van der Waals surface area contributed by atoms with Gasteiger partial charge in [-0.2, -0.15) is 0 Å². The van der Waals surface area contributed by atoms with E-state index in [1.807, 2.05) is 0 Å². The highest BCUT2D eigenvalue weighted by atomic mass is 16.6. The van der Waals surface area contributed by atoms with Crippen LogP contribution in [-0.4, -0.2) is 31.3 Å². The quantitative estimate of drug-likeness (QED) is 0.586. The third kappa shape index (κ3) is 4.38. The fourth-order valence-corrected chi connectivity index (χ4v) is 1.82. The summed E-state index contributed by atoms with van der Waals surface area (Å²) in [5.41, 5.74) is 0.764. The maximum Gasteiger partial charge on any atom is 0.311 e. The van der Waals surface area contributed by atoms with Gasteiger partial charge >= 0.3 is 5.69 Å². The van der Waals surface area contributed by atoms with Crippen LogP contribution in [0.25, 0.3) is 0 Å². The number of hydrogen-bond acceptors (Lipinski definition) is 5. The molecule has 20 heavy (non-hydrogen) atoms. The van der Waals surface area contributed by atoms with Gasteiger partial charge in [0.2, 0.25) is 0 Å². The molecular formula is C14H22N2O4. The average molecular weight is 282 g/mol. The Morgan fingerprint density at radius 1 is 1.40 bits per heavy atom. The van der Waals surface area contributed by atoms with Crippen LogP contribution in [0.2, 0.25) is 0 Å². The first-order valence-corrected chi connectivity index (χ1v) is 6.66. The highest BCUT2D eigenvalue weighted by Crippen LogP contribution is 2.30. The van der Waals surface area contributed by atoms with Crippen LogP contribution in [0, 0.1) is 16.0 Å². The minimum atomic E-state index is -0.441. The number of nitrogens with zero attached hydrogens (tertiary/aromatic N) is 1. The first-order valence-electron chi connectivity index (χ1n) is 6.66. The van der Waals surface area contributed by atoms with Crippen molar-refractivity contribution in [2.45, 2.75) is 26.8 Å². The summed E-state index contributed by atoms with van der Waals surface area (Å²) in [5, 5.41) is 14.2. The Morgan fingerprint density at radius 2 is 2.10 bits per heavy atom. The summed E-state index contributed by atoms with van der Waals surface area (Å²) < 4.78 is 10.5. The zero-order chi connectivity index (χ0) is 15.1. The Balaban J connectivity index is 2.95. The zero-order valence-corrected chi connectivity index (χ0v) is 12.4. The van der Waals surface area contributed by atoms with Gasteiger partial charge < -0.3 is 14.8 Å². The maximum atomic E-state index is 10.9. The first-order chi connectivity index (χ1) is 9.49. The molecule has 1 aromatic rings. The van der Waals surface area contributed by atoms with Crippen molar-refractivity contribution in [3.8, 4) is 5.75 Å². The molecular weight excluding hydrogens is 260 g/mol. The summed E-state index contributed by atoms with van der Waals surface area (Å²) in [6.45, 7) is 6.93. The highest BCUT2D eigenvalue weighted by Gasteiger charge is 2.18. The molecule has 1 N–H and O–H groups in total. The molecule has 6 nitrogen and oxygen atoms in total. The second kappa shape index (κ2) is 7.69. The monoisotopic (exact) mass is 282 g/mol. The van der Waals surface area contributed by atoms with Crippen LogP contribution in [0.15, 0.2) is 18.2 Å². The van der Waals surface area contributed by atoms with Gasteiger partial charge in [-0.1, -0.05) is 13.8 Å². The third-order valence-electron chi connectivity index (χ3n) is 2.96. The van der Waals surface area contributed by atoms with E-state index in [-0.39, 0.29) is 17.5 Å². The molecule has 0 aromatic heterocycles. The summed E-state index contributed by atoms with van der Waals surface area (Å²) >= 11 is 0. The van der Waals surface area contributed by atoms with E-state index in [1.54, 1.807) is 26.2 Å². The average Bonchev–Trinajstić information content (AvgIpc) is 2.38. The van der Waals surface area contributed by atoms with Gasteiger partial charge in [0.25, 0.3) is 0 Å². The van der Waals surface area contributed by atoms with E-state index in [2.05, 4.69) is 19.2 Å². The van der Waals surface area contributed by atoms with Crippen molar-refractivity contribution in [2.75, 3.05) is 25.6 Å². The molecule has 1 atom stereocenters. The summed E-state index contributed by atoms with van der Waals surface area (Å²) in [4.78, 5) is 10.5. The van der Waals surface area contributed by atoms with Gasteiger partial charge in [0.15, 0.2) is 5.75 Å². The molecule has 0 bridgehead atoms. The lowest BCUT2D eigenvalue weighted by Gasteiger charge is -2.23. The smallest absolute Gasteiger partial charge is 0.311 e. The molecule has 0 aliphatic rings. The van der Waals surface area contributed by atoms with E-state index in [0.717, 1.165) is 5.69 Å². The number of rotatable bonds is 8. The second-order valence-electron chi connectivity index (χ2n) is 4.82. The molecule has 1 aromatic carbocycles. The molecule has 112 valence electrons. The van der Waals surface area contributed by atoms with Crippen LogP contribution in [0.3, 0.4) is 0 Å². The van der Waals surface area contributed by atoms with E-state index < -0.39 is 4.92 Å².